The standard InChI is InChI=1S/C14H13FN2O/c1-9-3-6-12(7-13(9)15)17-14(18)11-5-4-10(2)16-8-11/h3-8H,1-2H3,(H,17,18). The minimum Gasteiger partial charge on any atom is -0.322 e. The van der Waals surface area contributed by atoms with Gasteiger partial charge in [-0.25, -0.2) is 4.39 Å². The summed E-state index contributed by atoms with van der Waals surface area (Å²) in [5.74, 6) is -0.638. The van der Waals surface area contributed by atoms with E-state index in [2.05, 4.69) is 10.3 Å². The first-order valence-electron chi connectivity index (χ1n) is 5.56. The zero-order valence-corrected chi connectivity index (χ0v) is 10.2. The third-order valence-corrected chi connectivity index (χ3v) is 2.60. The fraction of sp³-hybridized carbons (Fsp3) is 0.143. The molecule has 1 aromatic carbocycles. The maximum absolute atomic E-state index is 13.3. The Bertz CT molecular complexity index is 579. The molecule has 1 N–H and O–H groups in total. The summed E-state index contributed by atoms with van der Waals surface area (Å²) in [6.07, 6.45) is 1.50. The zero-order chi connectivity index (χ0) is 13.1. The van der Waals surface area contributed by atoms with Gasteiger partial charge >= 0.3 is 0 Å². The van der Waals surface area contributed by atoms with Crippen molar-refractivity contribution in [1.82, 2.24) is 4.98 Å². The zero-order valence-electron chi connectivity index (χ0n) is 10.2. The monoisotopic (exact) mass is 244 g/mol. The molecule has 0 saturated carbocycles. The van der Waals surface area contributed by atoms with Crippen LogP contribution in [0, 0.1) is 19.7 Å². The van der Waals surface area contributed by atoms with E-state index < -0.39 is 0 Å². The first-order chi connectivity index (χ1) is 8.56. The van der Waals surface area contributed by atoms with Gasteiger partial charge in [0.1, 0.15) is 5.82 Å². The molecule has 0 atom stereocenters. The average molecular weight is 244 g/mol. The number of nitrogens with zero attached hydrogens (tertiary/aromatic N) is 1. The minimum absolute atomic E-state index is 0.300. The lowest BCUT2D eigenvalue weighted by Crippen LogP contribution is -2.12. The summed E-state index contributed by atoms with van der Waals surface area (Å²) in [5, 5.41) is 2.63. The normalized spacial score (nSPS) is 10.2. The van der Waals surface area contributed by atoms with Crippen LogP contribution in [0.3, 0.4) is 0 Å². The first kappa shape index (κ1) is 12.2. The van der Waals surface area contributed by atoms with Crippen LogP contribution in [0.4, 0.5) is 10.1 Å². The average Bonchev–Trinajstić information content (AvgIpc) is 2.34. The Balaban J connectivity index is 2.16. The van der Waals surface area contributed by atoms with E-state index >= 15 is 0 Å². The van der Waals surface area contributed by atoms with Crippen LogP contribution >= 0.6 is 0 Å². The van der Waals surface area contributed by atoms with E-state index in [1.165, 1.54) is 12.3 Å². The minimum atomic E-state index is -0.338. The van der Waals surface area contributed by atoms with Gasteiger partial charge in [-0.15, -0.1) is 0 Å². The summed E-state index contributed by atoms with van der Waals surface area (Å²) < 4.78 is 13.3. The number of carbonyl (C=O) groups is 1. The van der Waals surface area contributed by atoms with Crippen molar-refractivity contribution in [1.29, 1.82) is 0 Å². The Morgan fingerprint density at radius 1 is 1.22 bits per heavy atom. The highest BCUT2D eigenvalue weighted by Crippen LogP contribution is 2.14. The van der Waals surface area contributed by atoms with Crippen molar-refractivity contribution in [2.75, 3.05) is 5.32 Å². The third-order valence-electron chi connectivity index (χ3n) is 2.60. The Kier molecular flexibility index (Phi) is 3.37. The Morgan fingerprint density at radius 3 is 2.61 bits per heavy atom. The van der Waals surface area contributed by atoms with E-state index in [4.69, 9.17) is 0 Å². The summed E-state index contributed by atoms with van der Waals surface area (Å²) in [7, 11) is 0. The van der Waals surface area contributed by atoms with Crippen molar-refractivity contribution in [2.24, 2.45) is 0 Å². The van der Waals surface area contributed by atoms with Crippen molar-refractivity contribution < 1.29 is 9.18 Å². The fourth-order valence-electron chi connectivity index (χ4n) is 1.48. The van der Waals surface area contributed by atoms with Crippen molar-refractivity contribution in [2.45, 2.75) is 13.8 Å². The SMILES string of the molecule is Cc1ccc(C(=O)Nc2ccc(C)c(F)c2)cn1. The molecule has 2 aromatic rings. The second-order valence-electron chi connectivity index (χ2n) is 4.11. The maximum atomic E-state index is 13.3. The quantitative estimate of drug-likeness (QED) is 0.882. The van der Waals surface area contributed by atoms with Gasteiger partial charge in [0, 0.05) is 17.6 Å². The number of amides is 1. The molecule has 1 heterocycles. The summed E-state index contributed by atoms with van der Waals surface area (Å²) in [5.41, 5.74) is 2.27. The van der Waals surface area contributed by atoms with Crippen molar-refractivity contribution >= 4 is 11.6 Å². The van der Waals surface area contributed by atoms with E-state index in [0.717, 1.165) is 5.69 Å². The van der Waals surface area contributed by atoms with Crippen LogP contribution in [0.25, 0.3) is 0 Å². The van der Waals surface area contributed by atoms with Crippen LogP contribution in [0.1, 0.15) is 21.6 Å². The van der Waals surface area contributed by atoms with Crippen LogP contribution in [-0.4, -0.2) is 10.9 Å². The molecule has 1 amide bonds. The summed E-state index contributed by atoms with van der Waals surface area (Å²) in [4.78, 5) is 15.9. The van der Waals surface area contributed by atoms with Gasteiger partial charge in [-0.2, -0.15) is 0 Å². The van der Waals surface area contributed by atoms with E-state index in [-0.39, 0.29) is 11.7 Å². The molecule has 0 fully saturated rings. The van der Waals surface area contributed by atoms with E-state index in [9.17, 15) is 9.18 Å². The van der Waals surface area contributed by atoms with E-state index in [1.807, 2.05) is 6.92 Å². The topological polar surface area (TPSA) is 42.0 Å². The number of halogens is 1. The van der Waals surface area contributed by atoms with Gasteiger partial charge in [0.05, 0.1) is 5.56 Å². The Hall–Kier alpha value is -2.23. The lowest BCUT2D eigenvalue weighted by molar-refractivity contribution is 0.102. The van der Waals surface area contributed by atoms with Gasteiger partial charge in [-0.05, 0) is 43.7 Å². The fourth-order valence-corrected chi connectivity index (χ4v) is 1.48. The molecule has 0 aliphatic heterocycles. The molecule has 0 bridgehead atoms. The number of benzene rings is 1. The van der Waals surface area contributed by atoms with Crippen molar-refractivity contribution in [3.8, 4) is 0 Å². The van der Waals surface area contributed by atoms with Gasteiger partial charge in [-0.3, -0.25) is 9.78 Å². The highest BCUT2D eigenvalue weighted by atomic mass is 19.1. The molecule has 18 heavy (non-hydrogen) atoms. The van der Waals surface area contributed by atoms with Gasteiger partial charge in [-0.1, -0.05) is 6.07 Å². The third kappa shape index (κ3) is 2.71. The molecule has 4 heteroatoms. The van der Waals surface area contributed by atoms with Gasteiger partial charge < -0.3 is 5.32 Å². The summed E-state index contributed by atoms with van der Waals surface area (Å²) >= 11 is 0. The van der Waals surface area contributed by atoms with Crippen LogP contribution < -0.4 is 5.32 Å². The number of rotatable bonds is 2. The van der Waals surface area contributed by atoms with Crippen LogP contribution in [0.15, 0.2) is 36.5 Å². The van der Waals surface area contributed by atoms with Crippen LogP contribution in [0.2, 0.25) is 0 Å². The molecule has 0 radical (unpaired) electrons. The predicted molar refractivity (Wildman–Crippen MR) is 68.1 cm³/mol. The maximum Gasteiger partial charge on any atom is 0.257 e. The van der Waals surface area contributed by atoms with Crippen LogP contribution in [0.5, 0.6) is 0 Å². The van der Waals surface area contributed by atoms with Crippen LogP contribution in [-0.2, 0) is 0 Å². The number of hydrogen-bond donors (Lipinski definition) is 1. The molecular weight excluding hydrogens is 231 g/mol. The second kappa shape index (κ2) is 4.96. The molecule has 0 aliphatic rings. The number of pyridine rings is 1. The van der Waals surface area contributed by atoms with Gasteiger partial charge in [0.2, 0.25) is 0 Å². The number of nitrogens with one attached hydrogen (secondary N) is 1. The molecule has 0 spiro atoms. The van der Waals surface area contributed by atoms with Crippen molar-refractivity contribution in [3.63, 3.8) is 0 Å². The summed E-state index contributed by atoms with van der Waals surface area (Å²) in [6, 6.07) is 8.03. The largest absolute Gasteiger partial charge is 0.322 e. The Morgan fingerprint density at radius 2 is 2.00 bits per heavy atom. The number of aryl methyl sites for hydroxylation is 2. The number of aromatic nitrogens is 1. The van der Waals surface area contributed by atoms with Gasteiger partial charge in [0.25, 0.3) is 5.91 Å². The molecule has 3 nitrogen and oxygen atoms in total. The smallest absolute Gasteiger partial charge is 0.257 e. The number of anilines is 1. The molecule has 0 unspecified atom stereocenters. The predicted octanol–water partition coefficient (Wildman–Crippen LogP) is 3.09. The number of hydrogen-bond acceptors (Lipinski definition) is 2. The molecule has 1 aromatic heterocycles. The molecular formula is C14H13FN2O. The molecule has 2 rings (SSSR count). The lowest BCUT2D eigenvalue weighted by atomic mass is 10.2. The molecule has 0 saturated heterocycles. The molecule has 0 aliphatic carbocycles. The molecule has 92 valence electrons. The first-order valence-corrected chi connectivity index (χ1v) is 5.56. The second-order valence-corrected chi connectivity index (χ2v) is 4.11. The summed E-state index contributed by atoms with van der Waals surface area (Å²) in [6.45, 7) is 3.52. The lowest BCUT2D eigenvalue weighted by Gasteiger charge is -2.06. The van der Waals surface area contributed by atoms with Crippen molar-refractivity contribution in [3.05, 3.63) is 59.2 Å². The van der Waals surface area contributed by atoms with E-state index in [0.29, 0.717) is 16.8 Å². The highest BCUT2D eigenvalue weighted by molar-refractivity contribution is 6.04. The Labute approximate surface area is 105 Å². The van der Waals surface area contributed by atoms with Gasteiger partial charge in [0.15, 0.2) is 0 Å². The highest BCUT2D eigenvalue weighted by Gasteiger charge is 2.07. The number of carbonyl (C=O) groups excluding carboxylic acids is 1. The van der Waals surface area contributed by atoms with E-state index in [1.54, 1.807) is 31.2 Å².